The van der Waals surface area contributed by atoms with Crippen LogP contribution >= 0.6 is 22.6 Å². The predicted octanol–water partition coefficient (Wildman–Crippen LogP) is -2.81. The molecule has 2 saturated heterocycles. The first-order valence-electron chi connectivity index (χ1n) is 2.36. The average Bonchev–Trinajstić information content (AvgIpc) is 2.23. The van der Waals surface area contributed by atoms with Gasteiger partial charge in [0, 0.05) is 0 Å². The molecule has 0 aliphatic carbocycles. The first-order valence-corrected chi connectivity index (χ1v) is 6.37. The molecule has 0 radical (unpaired) electrons. The van der Waals surface area contributed by atoms with E-state index in [4.69, 9.17) is 0 Å². The average molecular weight is 322 g/mol. The van der Waals surface area contributed by atoms with E-state index >= 15 is 0 Å². The molecule has 42 valence electrons. The monoisotopic (exact) mass is 322 g/mol. The van der Waals surface area contributed by atoms with Crippen LogP contribution in [0.3, 0.4) is 0 Å². The molecule has 3 heteroatoms. The van der Waals surface area contributed by atoms with Gasteiger partial charge in [0.05, 0.1) is 0 Å². The summed E-state index contributed by atoms with van der Waals surface area (Å²) in [4.78, 5) is 0. The Kier molecular flexibility index (Phi) is 1.27. The Labute approximate surface area is 67.0 Å². The molecule has 2 heterocycles. The van der Waals surface area contributed by atoms with E-state index < -0.39 is 0 Å². The summed E-state index contributed by atoms with van der Waals surface area (Å²) < 4.78 is 3.63. The van der Waals surface area contributed by atoms with Crippen LogP contribution in [0.5, 0.6) is 0 Å². The van der Waals surface area contributed by atoms with Crippen LogP contribution in [0.25, 0.3) is 0 Å². The molecule has 2 aliphatic rings. The van der Waals surface area contributed by atoms with Crippen LogP contribution in [0.4, 0.5) is 0 Å². The number of rotatable bonds is 1. The Balaban J connectivity index is 1.88. The summed E-state index contributed by atoms with van der Waals surface area (Å²) >= 11 is 3.18. The third-order valence-electron chi connectivity index (χ3n) is 1.28. The van der Waals surface area contributed by atoms with E-state index in [-0.39, 0.29) is 0 Å². The Bertz CT molecular complexity index is 91.7. The fraction of sp³-hybridized carbons (Fsp3) is 1.00. The van der Waals surface area contributed by atoms with Crippen molar-refractivity contribution in [3.05, 3.63) is 0 Å². The van der Waals surface area contributed by atoms with Gasteiger partial charge in [0.1, 0.15) is 0 Å². The van der Waals surface area contributed by atoms with Crippen molar-refractivity contribution in [3.8, 4) is 0 Å². The van der Waals surface area contributed by atoms with E-state index in [1.54, 1.807) is 4.43 Å². The molecular weight excluding hydrogens is 316 g/mol. The van der Waals surface area contributed by atoms with Gasteiger partial charge in [-0.15, -0.1) is 0 Å². The molecule has 0 bridgehead atoms. The van der Waals surface area contributed by atoms with Gasteiger partial charge in [-0.25, -0.2) is 0 Å². The van der Waals surface area contributed by atoms with E-state index in [9.17, 15) is 0 Å². The van der Waals surface area contributed by atoms with Crippen molar-refractivity contribution in [1.82, 2.24) is 5.32 Å². The molecule has 3 unspecified atom stereocenters. The summed E-state index contributed by atoms with van der Waals surface area (Å²) in [6.45, 7) is 0. The maximum atomic E-state index is 3.41. The van der Waals surface area contributed by atoms with Crippen molar-refractivity contribution in [3.63, 3.8) is 0 Å². The zero-order valence-electron chi connectivity index (χ0n) is 3.70. The number of halogens is 2. The number of alkyl halides is 3. The van der Waals surface area contributed by atoms with Crippen molar-refractivity contribution in [1.29, 1.82) is 0 Å². The summed E-state index contributed by atoms with van der Waals surface area (Å²) in [5.41, 5.74) is 0. The number of nitrogens with one attached hydrogen (secondary N) is 1. The Morgan fingerprint density at radius 3 is 2.43 bits per heavy atom. The van der Waals surface area contributed by atoms with Crippen LogP contribution in [0.15, 0.2) is 0 Å². The van der Waals surface area contributed by atoms with Crippen LogP contribution < -0.4 is 26.5 Å². The van der Waals surface area contributed by atoms with Crippen LogP contribution in [0.2, 0.25) is 0 Å². The van der Waals surface area contributed by atoms with Crippen LogP contribution in [0.1, 0.15) is 0 Å². The third kappa shape index (κ3) is 1.05. The van der Waals surface area contributed by atoms with Gasteiger partial charge >= 0.3 is 67.6 Å². The van der Waals surface area contributed by atoms with Crippen molar-refractivity contribution in [2.24, 2.45) is 0 Å². The summed E-state index contributed by atoms with van der Waals surface area (Å²) in [5, 5.41) is 3.41. The number of hydrogen-bond acceptors (Lipinski definition) is 1. The molecule has 0 aromatic carbocycles. The molecule has 0 aromatic heterocycles. The van der Waals surface area contributed by atoms with Gasteiger partial charge in [0.15, 0.2) is 0 Å². The summed E-state index contributed by atoms with van der Waals surface area (Å²) in [7, 11) is 0. The molecule has 7 heavy (non-hydrogen) atoms. The van der Waals surface area contributed by atoms with E-state index in [0.29, 0.717) is 21.2 Å². The molecular formula is C4H6I2N-. The van der Waals surface area contributed by atoms with Gasteiger partial charge in [-0.05, 0) is 0 Å². The second-order valence-electron chi connectivity index (χ2n) is 1.92. The molecule has 2 aliphatic heterocycles. The minimum absolute atomic E-state index is 0.702. The Hall–Kier alpha value is 1.42. The molecule has 1 nitrogen and oxygen atoms in total. The quantitative estimate of drug-likeness (QED) is 0.239. The van der Waals surface area contributed by atoms with Crippen LogP contribution in [-0.2, 0) is 0 Å². The van der Waals surface area contributed by atoms with Gasteiger partial charge in [0.2, 0.25) is 0 Å². The summed E-state index contributed by atoms with van der Waals surface area (Å²) in [6.07, 6.45) is 0. The van der Waals surface area contributed by atoms with E-state index in [1.165, 1.54) is 3.92 Å². The Morgan fingerprint density at radius 1 is 1.71 bits per heavy atom. The fourth-order valence-electron chi connectivity index (χ4n) is 0.659. The third-order valence-corrected chi connectivity index (χ3v) is 5.09. The predicted molar refractivity (Wildman–Crippen MR) is 33.4 cm³/mol. The van der Waals surface area contributed by atoms with Crippen LogP contribution in [0, 0.1) is 0 Å². The molecule has 0 aromatic rings. The molecule has 2 fully saturated rings. The van der Waals surface area contributed by atoms with E-state index in [0.717, 1.165) is 10.1 Å². The molecule has 0 amide bonds. The van der Waals surface area contributed by atoms with Crippen LogP contribution in [-0.4, -0.2) is 18.4 Å². The SMILES string of the molecule is IC1NC1C1C[I-]1. The molecule has 1 N–H and O–H groups in total. The molecule has 2 rings (SSSR count). The van der Waals surface area contributed by atoms with E-state index in [1.807, 2.05) is 0 Å². The summed E-state index contributed by atoms with van der Waals surface area (Å²) in [6, 6.07) is 0.966. The standard InChI is InChI=1S/C4H6I2N/c5-4-3(7-4)2-1-6-2/h2-4,7H,1H2/q-1. The summed E-state index contributed by atoms with van der Waals surface area (Å²) in [5.74, 6) is 0. The zero-order valence-corrected chi connectivity index (χ0v) is 8.01. The normalized spacial score (nSPS) is 58.1. The Morgan fingerprint density at radius 2 is 2.29 bits per heavy atom. The first kappa shape index (κ1) is 5.22. The van der Waals surface area contributed by atoms with Crippen molar-refractivity contribution < 1.29 is 21.2 Å². The van der Waals surface area contributed by atoms with Gasteiger partial charge in [-0.3, -0.25) is 0 Å². The second-order valence-corrected chi connectivity index (χ2v) is 6.62. The zero-order chi connectivity index (χ0) is 4.85. The van der Waals surface area contributed by atoms with Gasteiger partial charge < -0.3 is 0 Å². The second kappa shape index (κ2) is 1.70. The first-order chi connectivity index (χ1) is 3.38. The van der Waals surface area contributed by atoms with Crippen molar-refractivity contribution in [2.75, 3.05) is 4.43 Å². The van der Waals surface area contributed by atoms with Gasteiger partial charge in [-0.1, -0.05) is 0 Å². The molecule has 0 spiro atoms. The van der Waals surface area contributed by atoms with E-state index in [2.05, 4.69) is 27.9 Å². The topological polar surface area (TPSA) is 21.9 Å². The molecule has 0 saturated carbocycles. The van der Waals surface area contributed by atoms with Crippen molar-refractivity contribution in [2.45, 2.75) is 14.0 Å². The van der Waals surface area contributed by atoms with Crippen molar-refractivity contribution >= 4 is 22.6 Å². The fourth-order valence-corrected chi connectivity index (χ4v) is 4.38. The number of hydrogen-bond donors (Lipinski definition) is 1. The minimum atomic E-state index is 0.702. The van der Waals surface area contributed by atoms with Gasteiger partial charge in [0.25, 0.3) is 0 Å². The maximum absolute atomic E-state index is 3.41. The van der Waals surface area contributed by atoms with Gasteiger partial charge in [-0.2, -0.15) is 0 Å². The molecule has 3 atom stereocenters.